The first-order valence-corrected chi connectivity index (χ1v) is 6.07. The summed E-state index contributed by atoms with van der Waals surface area (Å²) in [6, 6.07) is 0.0576. The van der Waals surface area contributed by atoms with Gasteiger partial charge in [0.15, 0.2) is 0 Å². The van der Waals surface area contributed by atoms with Crippen LogP contribution in [0, 0.1) is 5.92 Å². The Morgan fingerprint density at radius 3 is 2.71 bits per heavy atom. The molecule has 0 spiro atoms. The predicted molar refractivity (Wildman–Crippen MR) is 62.7 cm³/mol. The van der Waals surface area contributed by atoms with E-state index in [0.717, 1.165) is 19.4 Å². The van der Waals surface area contributed by atoms with Gasteiger partial charge in [0.05, 0.1) is 0 Å². The Bertz CT molecular complexity index is 341. The van der Waals surface area contributed by atoms with Crippen molar-refractivity contribution in [3.63, 3.8) is 0 Å². The average Bonchev–Trinajstić information content (AvgIpc) is 2.77. The number of carbonyl (C=O) groups excluding carboxylic acids is 1. The number of hydrogen-bond donors (Lipinski definition) is 1. The second-order valence-electron chi connectivity index (χ2n) is 4.69. The van der Waals surface area contributed by atoms with Crippen molar-refractivity contribution in [2.24, 2.45) is 5.92 Å². The number of aliphatic carboxylic acids is 1. The molecule has 0 aromatic heterocycles. The molecule has 2 aliphatic rings. The first-order chi connectivity index (χ1) is 8.16. The molecule has 2 aliphatic heterocycles. The molecule has 0 aromatic rings. The van der Waals surface area contributed by atoms with Crippen LogP contribution < -0.4 is 0 Å². The van der Waals surface area contributed by atoms with Crippen molar-refractivity contribution in [3.05, 3.63) is 12.2 Å². The highest BCUT2D eigenvalue weighted by Gasteiger charge is 2.30. The van der Waals surface area contributed by atoms with E-state index in [0.29, 0.717) is 19.6 Å². The normalized spacial score (nSPS) is 24.1. The first kappa shape index (κ1) is 12.0. The van der Waals surface area contributed by atoms with Gasteiger partial charge in [0.1, 0.15) is 0 Å². The maximum absolute atomic E-state index is 12.1. The van der Waals surface area contributed by atoms with Crippen LogP contribution in [0.1, 0.15) is 19.3 Å². The zero-order chi connectivity index (χ0) is 12.3. The van der Waals surface area contributed by atoms with E-state index in [1.807, 2.05) is 11.0 Å². The lowest BCUT2D eigenvalue weighted by atomic mass is 10.1. The summed E-state index contributed by atoms with van der Waals surface area (Å²) in [7, 11) is 0. The zero-order valence-electron chi connectivity index (χ0n) is 9.84. The maximum Gasteiger partial charge on any atom is 0.320 e. The standard InChI is InChI=1S/C12H18N2O3/c15-11(16)8-10-4-7-14(9-10)12(17)13-5-2-1-3-6-13/h1-2,10H,3-9H2,(H,15,16). The summed E-state index contributed by atoms with van der Waals surface area (Å²) >= 11 is 0. The summed E-state index contributed by atoms with van der Waals surface area (Å²) in [4.78, 5) is 26.3. The number of carboxylic acids is 1. The molecular formula is C12H18N2O3. The predicted octanol–water partition coefficient (Wildman–Crippen LogP) is 1.16. The van der Waals surface area contributed by atoms with Crippen LogP contribution in [-0.4, -0.2) is 53.1 Å². The van der Waals surface area contributed by atoms with E-state index in [9.17, 15) is 9.59 Å². The van der Waals surface area contributed by atoms with Crippen LogP contribution in [0.25, 0.3) is 0 Å². The van der Waals surface area contributed by atoms with Gasteiger partial charge in [-0.2, -0.15) is 0 Å². The Hall–Kier alpha value is -1.52. The summed E-state index contributed by atoms with van der Waals surface area (Å²) in [5.41, 5.74) is 0. The number of carbonyl (C=O) groups is 2. The molecule has 94 valence electrons. The maximum atomic E-state index is 12.1. The van der Waals surface area contributed by atoms with Crippen LogP contribution in [0.5, 0.6) is 0 Å². The molecule has 5 nitrogen and oxygen atoms in total. The molecule has 1 atom stereocenters. The molecule has 1 unspecified atom stereocenters. The molecule has 17 heavy (non-hydrogen) atoms. The summed E-state index contributed by atoms with van der Waals surface area (Å²) in [6.45, 7) is 2.73. The van der Waals surface area contributed by atoms with Gasteiger partial charge in [-0.05, 0) is 18.8 Å². The van der Waals surface area contributed by atoms with Gasteiger partial charge in [-0.15, -0.1) is 0 Å². The first-order valence-electron chi connectivity index (χ1n) is 6.07. The lowest BCUT2D eigenvalue weighted by molar-refractivity contribution is -0.138. The minimum atomic E-state index is -0.773. The summed E-state index contributed by atoms with van der Waals surface area (Å²) in [5.74, 6) is -0.651. The molecule has 0 saturated carbocycles. The molecule has 1 saturated heterocycles. The zero-order valence-corrected chi connectivity index (χ0v) is 9.84. The van der Waals surface area contributed by atoms with Gasteiger partial charge in [-0.1, -0.05) is 12.2 Å². The highest BCUT2D eigenvalue weighted by Crippen LogP contribution is 2.21. The Balaban J connectivity index is 1.85. The molecular weight excluding hydrogens is 220 g/mol. The number of hydrogen-bond acceptors (Lipinski definition) is 2. The van der Waals surface area contributed by atoms with E-state index in [1.165, 1.54) is 0 Å². The highest BCUT2D eigenvalue weighted by atomic mass is 16.4. The minimum Gasteiger partial charge on any atom is -0.481 e. The molecule has 1 N–H and O–H groups in total. The number of carboxylic acid groups (broad SMARTS) is 1. The van der Waals surface area contributed by atoms with Crippen molar-refractivity contribution in [1.82, 2.24) is 9.80 Å². The quantitative estimate of drug-likeness (QED) is 0.734. The number of amides is 2. The molecule has 0 bridgehead atoms. The summed E-state index contributed by atoms with van der Waals surface area (Å²) in [6.07, 6.45) is 5.98. The Kier molecular flexibility index (Phi) is 3.66. The Morgan fingerprint density at radius 2 is 2.06 bits per heavy atom. The number of urea groups is 1. The second-order valence-corrected chi connectivity index (χ2v) is 4.69. The van der Waals surface area contributed by atoms with Crippen LogP contribution in [0.4, 0.5) is 4.79 Å². The van der Waals surface area contributed by atoms with Gasteiger partial charge in [0.2, 0.25) is 0 Å². The van der Waals surface area contributed by atoms with Gasteiger partial charge in [-0.3, -0.25) is 4.79 Å². The molecule has 2 rings (SSSR count). The minimum absolute atomic E-state index is 0.0576. The molecule has 0 radical (unpaired) electrons. The monoisotopic (exact) mass is 238 g/mol. The van der Waals surface area contributed by atoms with Gasteiger partial charge >= 0.3 is 12.0 Å². The number of nitrogens with zero attached hydrogens (tertiary/aromatic N) is 2. The van der Waals surface area contributed by atoms with E-state index < -0.39 is 5.97 Å². The lowest BCUT2D eigenvalue weighted by Gasteiger charge is -2.28. The van der Waals surface area contributed by atoms with E-state index in [4.69, 9.17) is 5.11 Å². The van der Waals surface area contributed by atoms with Gasteiger partial charge < -0.3 is 14.9 Å². The molecule has 0 aliphatic carbocycles. The van der Waals surface area contributed by atoms with Crippen molar-refractivity contribution in [2.45, 2.75) is 19.3 Å². The van der Waals surface area contributed by atoms with Crippen LogP contribution in [-0.2, 0) is 4.79 Å². The molecule has 0 aromatic carbocycles. The Morgan fingerprint density at radius 1 is 1.24 bits per heavy atom. The summed E-state index contributed by atoms with van der Waals surface area (Å²) < 4.78 is 0. The number of likely N-dealkylation sites (tertiary alicyclic amines) is 1. The fourth-order valence-electron chi connectivity index (χ4n) is 2.43. The van der Waals surface area contributed by atoms with E-state index in [-0.39, 0.29) is 18.4 Å². The van der Waals surface area contributed by atoms with Crippen LogP contribution >= 0.6 is 0 Å². The fraction of sp³-hybridized carbons (Fsp3) is 0.667. The van der Waals surface area contributed by atoms with Crippen LogP contribution in [0.15, 0.2) is 12.2 Å². The number of rotatable bonds is 2. The van der Waals surface area contributed by atoms with Crippen molar-refractivity contribution >= 4 is 12.0 Å². The topological polar surface area (TPSA) is 60.9 Å². The molecule has 2 heterocycles. The summed E-state index contributed by atoms with van der Waals surface area (Å²) in [5, 5.41) is 8.72. The Labute approximate surface area is 101 Å². The highest BCUT2D eigenvalue weighted by molar-refractivity contribution is 5.75. The smallest absolute Gasteiger partial charge is 0.320 e. The second kappa shape index (κ2) is 5.21. The van der Waals surface area contributed by atoms with E-state index in [2.05, 4.69) is 6.08 Å². The van der Waals surface area contributed by atoms with Crippen LogP contribution in [0.2, 0.25) is 0 Å². The van der Waals surface area contributed by atoms with Crippen LogP contribution in [0.3, 0.4) is 0 Å². The van der Waals surface area contributed by atoms with E-state index >= 15 is 0 Å². The SMILES string of the molecule is O=C(O)CC1CCN(C(=O)N2CC=CCC2)C1. The van der Waals surface area contributed by atoms with Gasteiger partial charge in [-0.25, -0.2) is 4.79 Å². The molecule has 2 amide bonds. The van der Waals surface area contributed by atoms with Crippen molar-refractivity contribution < 1.29 is 14.7 Å². The molecule has 5 heteroatoms. The third kappa shape index (κ3) is 2.99. The third-order valence-corrected chi connectivity index (χ3v) is 3.35. The lowest BCUT2D eigenvalue weighted by Crippen LogP contribution is -2.43. The van der Waals surface area contributed by atoms with Crippen molar-refractivity contribution in [2.75, 3.05) is 26.2 Å². The fourth-order valence-corrected chi connectivity index (χ4v) is 2.43. The van der Waals surface area contributed by atoms with Gasteiger partial charge in [0.25, 0.3) is 0 Å². The van der Waals surface area contributed by atoms with Crippen molar-refractivity contribution in [3.8, 4) is 0 Å². The largest absolute Gasteiger partial charge is 0.481 e. The average molecular weight is 238 g/mol. The molecule has 1 fully saturated rings. The van der Waals surface area contributed by atoms with E-state index in [1.54, 1.807) is 4.90 Å². The van der Waals surface area contributed by atoms with Crippen molar-refractivity contribution in [1.29, 1.82) is 0 Å². The third-order valence-electron chi connectivity index (χ3n) is 3.35. The van der Waals surface area contributed by atoms with Gasteiger partial charge in [0, 0.05) is 32.6 Å².